The van der Waals surface area contributed by atoms with Crippen molar-refractivity contribution in [1.29, 1.82) is 0 Å². The number of rotatable bonds is 8. The molecule has 3 unspecified atom stereocenters. The van der Waals surface area contributed by atoms with Crippen LogP contribution in [0.15, 0.2) is 6.33 Å². The number of ether oxygens (including phenoxy) is 2. The summed E-state index contributed by atoms with van der Waals surface area (Å²) in [5, 5.41) is 0.216. The van der Waals surface area contributed by atoms with Crippen LogP contribution in [-0.2, 0) is 18.5 Å². The first-order valence-electron chi connectivity index (χ1n) is 8.53. The van der Waals surface area contributed by atoms with Gasteiger partial charge in [0.15, 0.2) is 31.7 Å². The average molecular weight is 404 g/mol. The van der Waals surface area contributed by atoms with Gasteiger partial charge in [0.25, 0.3) is 0 Å². The summed E-state index contributed by atoms with van der Waals surface area (Å²) in [5.41, 5.74) is 6.71. The van der Waals surface area contributed by atoms with Crippen LogP contribution in [0, 0.1) is 0 Å². The largest absolute Gasteiger partial charge is 0.368 e. The number of nitrogens with zero attached hydrogens (tertiary/aromatic N) is 4. The average Bonchev–Trinajstić information content (AvgIpc) is 3.16. The third-order valence-electron chi connectivity index (χ3n) is 3.82. The van der Waals surface area contributed by atoms with Gasteiger partial charge in [-0.05, 0) is 20.8 Å². The Kier molecular flexibility index (Phi) is 6.60. The summed E-state index contributed by atoms with van der Waals surface area (Å²) < 4.78 is 25.0. The molecule has 1 saturated heterocycles. The number of hydrogen-bond donors (Lipinski definition) is 1. The lowest BCUT2D eigenvalue weighted by molar-refractivity contribution is -0.0747. The molecule has 144 valence electrons. The van der Waals surface area contributed by atoms with Crippen molar-refractivity contribution < 1.29 is 18.5 Å². The number of aromatic nitrogens is 4. The van der Waals surface area contributed by atoms with E-state index < -0.39 is 8.38 Å². The highest BCUT2D eigenvalue weighted by Crippen LogP contribution is 2.41. The minimum atomic E-state index is -0.921. The number of imidazole rings is 1. The second-order valence-corrected chi connectivity index (χ2v) is 7.66. The molecular formula is C15H23ClN5O4P. The zero-order valence-electron chi connectivity index (χ0n) is 15.0. The van der Waals surface area contributed by atoms with Crippen LogP contribution in [0.25, 0.3) is 11.2 Å². The molecular weight excluding hydrogens is 381 g/mol. The van der Waals surface area contributed by atoms with Gasteiger partial charge >= 0.3 is 0 Å². The van der Waals surface area contributed by atoms with E-state index in [0.29, 0.717) is 30.8 Å². The predicted octanol–water partition coefficient (Wildman–Crippen LogP) is 3.10. The lowest BCUT2D eigenvalue weighted by Gasteiger charge is -2.17. The Balaban J connectivity index is 1.69. The molecule has 26 heavy (non-hydrogen) atoms. The molecule has 3 atom stereocenters. The molecule has 0 aromatic carbocycles. The number of anilines is 1. The predicted molar refractivity (Wildman–Crippen MR) is 98.9 cm³/mol. The van der Waals surface area contributed by atoms with Crippen molar-refractivity contribution in [3.63, 3.8) is 0 Å². The molecule has 0 radical (unpaired) electrons. The molecule has 2 aromatic heterocycles. The summed E-state index contributed by atoms with van der Waals surface area (Å²) in [4.78, 5) is 12.4. The van der Waals surface area contributed by atoms with Crippen LogP contribution < -0.4 is 5.73 Å². The smallest absolute Gasteiger partial charge is 0.223 e. The highest BCUT2D eigenvalue weighted by Gasteiger charge is 2.36. The summed E-state index contributed by atoms with van der Waals surface area (Å²) in [6.45, 7) is 7.10. The molecule has 9 nitrogen and oxygen atoms in total. The van der Waals surface area contributed by atoms with Crippen molar-refractivity contribution in [2.24, 2.45) is 0 Å². The number of halogens is 1. The minimum Gasteiger partial charge on any atom is -0.368 e. The maximum atomic E-state index is 6.09. The fraction of sp³-hybridized carbons (Fsp3) is 0.667. The summed E-state index contributed by atoms with van der Waals surface area (Å²) in [5.74, 6) is 0.0893. The fourth-order valence-corrected chi connectivity index (χ4v) is 4.33. The Hall–Kier alpha value is -1.09. The van der Waals surface area contributed by atoms with Crippen LogP contribution in [0.5, 0.6) is 0 Å². The third kappa shape index (κ3) is 4.24. The standard InChI is InChI=1S/C15H23ClN5O4P/c1-4-22-26(23-5-2)7-6-10-24-9(3)14(25-10)21-8-18-11-12(16)19-15(17)20-13(11)21/h8-10,14H,4-7H2,1-3H3,(H2,17,19,20). The zero-order chi connectivity index (χ0) is 18.7. The molecule has 1 aliphatic heterocycles. The van der Waals surface area contributed by atoms with Crippen molar-refractivity contribution in [1.82, 2.24) is 19.5 Å². The first-order chi connectivity index (χ1) is 12.5. The molecule has 3 heterocycles. The summed E-state index contributed by atoms with van der Waals surface area (Å²) in [7, 11) is -0.921. The summed E-state index contributed by atoms with van der Waals surface area (Å²) in [6.07, 6.45) is 2.13. The quantitative estimate of drug-likeness (QED) is 0.529. The van der Waals surface area contributed by atoms with Crippen molar-refractivity contribution in [2.75, 3.05) is 25.1 Å². The molecule has 1 aliphatic rings. The van der Waals surface area contributed by atoms with Crippen LogP contribution >= 0.6 is 20.0 Å². The van der Waals surface area contributed by atoms with Gasteiger partial charge < -0.3 is 24.3 Å². The third-order valence-corrected chi connectivity index (χ3v) is 5.80. The molecule has 3 rings (SSSR count). The molecule has 11 heteroatoms. The van der Waals surface area contributed by atoms with Gasteiger partial charge in [-0.2, -0.15) is 9.97 Å². The van der Waals surface area contributed by atoms with Crippen molar-refractivity contribution in [3.8, 4) is 0 Å². The number of hydrogen-bond acceptors (Lipinski definition) is 8. The van der Waals surface area contributed by atoms with Crippen LogP contribution in [0.4, 0.5) is 5.95 Å². The normalized spacial score (nSPS) is 23.3. The van der Waals surface area contributed by atoms with E-state index in [0.717, 1.165) is 6.16 Å². The van der Waals surface area contributed by atoms with Gasteiger partial charge in [-0.25, -0.2) is 4.98 Å². The fourth-order valence-electron chi connectivity index (χ4n) is 2.78. The van der Waals surface area contributed by atoms with Gasteiger partial charge in [0.05, 0.1) is 19.5 Å². The van der Waals surface area contributed by atoms with Crippen molar-refractivity contribution in [2.45, 2.75) is 45.8 Å². The van der Waals surface area contributed by atoms with Crippen LogP contribution in [0.1, 0.15) is 33.4 Å². The second kappa shape index (κ2) is 8.73. The molecule has 1 fully saturated rings. The van der Waals surface area contributed by atoms with Gasteiger partial charge in [0.1, 0.15) is 11.6 Å². The van der Waals surface area contributed by atoms with E-state index in [1.807, 2.05) is 20.8 Å². The van der Waals surface area contributed by atoms with Crippen LogP contribution in [-0.4, -0.2) is 51.3 Å². The highest BCUT2D eigenvalue weighted by molar-refractivity contribution is 7.47. The molecule has 0 spiro atoms. The van der Waals surface area contributed by atoms with E-state index in [9.17, 15) is 0 Å². The molecule has 0 aliphatic carbocycles. The van der Waals surface area contributed by atoms with E-state index in [4.69, 9.17) is 35.9 Å². The maximum Gasteiger partial charge on any atom is 0.223 e. The van der Waals surface area contributed by atoms with E-state index in [1.54, 1.807) is 10.9 Å². The first-order valence-corrected chi connectivity index (χ1v) is 10.3. The highest BCUT2D eigenvalue weighted by atomic mass is 35.5. The second-order valence-electron chi connectivity index (χ2n) is 5.67. The molecule has 2 aromatic rings. The Morgan fingerprint density at radius 3 is 2.69 bits per heavy atom. The maximum absolute atomic E-state index is 6.09. The SMILES string of the molecule is CCOP(CCC1OC(C)C(n2cnc3c(Cl)nc(N)nc32)O1)OCC. The lowest BCUT2D eigenvalue weighted by atomic mass is 10.3. The topological polar surface area (TPSA) is 107 Å². The Labute approximate surface area is 158 Å². The van der Waals surface area contributed by atoms with E-state index >= 15 is 0 Å². The van der Waals surface area contributed by atoms with Gasteiger partial charge in [-0.15, -0.1) is 0 Å². The van der Waals surface area contributed by atoms with Gasteiger partial charge in [0.2, 0.25) is 5.95 Å². The van der Waals surface area contributed by atoms with Crippen LogP contribution in [0.2, 0.25) is 5.15 Å². The molecule has 0 saturated carbocycles. The molecule has 0 amide bonds. The minimum absolute atomic E-state index is 0.0893. The Bertz CT molecular complexity index is 742. The Morgan fingerprint density at radius 1 is 1.27 bits per heavy atom. The zero-order valence-corrected chi connectivity index (χ0v) is 16.6. The van der Waals surface area contributed by atoms with E-state index in [-0.39, 0.29) is 29.7 Å². The van der Waals surface area contributed by atoms with Gasteiger partial charge in [-0.1, -0.05) is 11.6 Å². The first kappa shape index (κ1) is 19.7. The Morgan fingerprint density at radius 2 is 2.00 bits per heavy atom. The summed E-state index contributed by atoms with van der Waals surface area (Å²) in [6, 6.07) is 0. The number of fused-ring (bicyclic) bond motifs is 1. The molecule has 2 N–H and O–H groups in total. The van der Waals surface area contributed by atoms with Gasteiger partial charge in [0, 0.05) is 12.6 Å². The van der Waals surface area contributed by atoms with Crippen molar-refractivity contribution >= 4 is 37.1 Å². The monoisotopic (exact) mass is 403 g/mol. The summed E-state index contributed by atoms with van der Waals surface area (Å²) >= 11 is 6.09. The van der Waals surface area contributed by atoms with Crippen molar-refractivity contribution in [3.05, 3.63) is 11.5 Å². The van der Waals surface area contributed by atoms with Gasteiger partial charge in [-0.3, -0.25) is 4.57 Å². The van der Waals surface area contributed by atoms with E-state index in [1.165, 1.54) is 0 Å². The van der Waals surface area contributed by atoms with Crippen LogP contribution in [0.3, 0.4) is 0 Å². The van der Waals surface area contributed by atoms with E-state index in [2.05, 4.69) is 15.0 Å². The number of nitrogen functional groups attached to an aromatic ring is 1. The lowest BCUT2D eigenvalue weighted by Crippen LogP contribution is -2.17. The number of nitrogens with two attached hydrogens (primary N) is 1. The molecule has 0 bridgehead atoms.